The summed E-state index contributed by atoms with van der Waals surface area (Å²) in [5, 5.41) is 2.87. The largest absolute Gasteiger partial charge is 0.135 e. The highest BCUT2D eigenvalue weighted by Crippen LogP contribution is 2.42. The van der Waals surface area contributed by atoms with E-state index < -0.39 is 0 Å². The van der Waals surface area contributed by atoms with Crippen LogP contribution in [0.4, 0.5) is 0 Å². The van der Waals surface area contributed by atoms with Crippen LogP contribution in [-0.2, 0) is 12.8 Å². The quantitative estimate of drug-likeness (QED) is 0.517. The predicted molar refractivity (Wildman–Crippen MR) is 80.5 cm³/mol. The fourth-order valence-corrected chi connectivity index (χ4v) is 4.43. The lowest BCUT2D eigenvalue weighted by molar-refractivity contribution is 0.392. The van der Waals surface area contributed by atoms with Gasteiger partial charge >= 0.3 is 0 Å². The van der Waals surface area contributed by atoms with E-state index in [2.05, 4.69) is 50.2 Å². The van der Waals surface area contributed by atoms with Gasteiger partial charge in [-0.05, 0) is 47.6 Å². The van der Waals surface area contributed by atoms with E-state index in [4.69, 9.17) is 0 Å². The molecule has 0 radical (unpaired) electrons. The van der Waals surface area contributed by atoms with Gasteiger partial charge in [-0.15, -0.1) is 11.3 Å². The summed E-state index contributed by atoms with van der Waals surface area (Å²) in [4.78, 5) is 0. The van der Waals surface area contributed by atoms with Gasteiger partial charge in [0.2, 0.25) is 0 Å². The van der Waals surface area contributed by atoms with E-state index in [0.29, 0.717) is 5.41 Å². The third-order valence-corrected chi connectivity index (χ3v) is 5.17. The number of benzene rings is 2. The standard InChI is InChI=1S/C17H16S/c1-17(2)9-11-7-14-13-5-3-4-6-15(13)18-16(14)8-12(11)10-17/h3-8H,9-10H2,1-2H3. The van der Waals surface area contributed by atoms with Gasteiger partial charge in [0.1, 0.15) is 0 Å². The van der Waals surface area contributed by atoms with E-state index in [1.54, 1.807) is 11.1 Å². The maximum absolute atomic E-state index is 2.44. The second kappa shape index (κ2) is 3.36. The van der Waals surface area contributed by atoms with Crippen molar-refractivity contribution in [1.29, 1.82) is 0 Å². The number of rotatable bonds is 0. The fraction of sp³-hybridized carbons (Fsp3) is 0.294. The summed E-state index contributed by atoms with van der Waals surface area (Å²) < 4.78 is 2.86. The Hall–Kier alpha value is -1.34. The molecule has 0 saturated carbocycles. The van der Waals surface area contributed by atoms with Gasteiger partial charge in [-0.25, -0.2) is 0 Å². The Kier molecular flexibility index (Phi) is 1.97. The molecule has 0 spiro atoms. The first-order valence-corrected chi connectivity index (χ1v) is 7.37. The molecule has 18 heavy (non-hydrogen) atoms. The number of hydrogen-bond donors (Lipinski definition) is 0. The van der Waals surface area contributed by atoms with E-state index in [1.807, 2.05) is 11.3 Å². The molecule has 0 fully saturated rings. The fourth-order valence-electron chi connectivity index (χ4n) is 3.28. The molecule has 0 unspecified atom stereocenters. The molecule has 0 N–H and O–H groups in total. The summed E-state index contributed by atoms with van der Waals surface area (Å²) in [6.07, 6.45) is 2.45. The first-order chi connectivity index (χ1) is 8.62. The van der Waals surface area contributed by atoms with Crippen molar-refractivity contribution in [1.82, 2.24) is 0 Å². The lowest BCUT2D eigenvalue weighted by Crippen LogP contribution is -2.09. The van der Waals surface area contributed by atoms with Gasteiger partial charge in [0.15, 0.2) is 0 Å². The zero-order valence-corrected chi connectivity index (χ0v) is 11.6. The summed E-state index contributed by atoms with van der Waals surface area (Å²) in [5.41, 5.74) is 3.58. The molecule has 0 saturated heterocycles. The summed E-state index contributed by atoms with van der Waals surface area (Å²) >= 11 is 1.93. The van der Waals surface area contributed by atoms with Crippen molar-refractivity contribution in [3.05, 3.63) is 47.5 Å². The highest BCUT2D eigenvalue weighted by Gasteiger charge is 2.28. The minimum atomic E-state index is 0.446. The van der Waals surface area contributed by atoms with Gasteiger partial charge in [-0.1, -0.05) is 32.0 Å². The van der Waals surface area contributed by atoms with Gasteiger partial charge in [-0.2, -0.15) is 0 Å². The molecular formula is C17H16S. The van der Waals surface area contributed by atoms with Crippen LogP contribution in [0.25, 0.3) is 20.2 Å². The summed E-state index contributed by atoms with van der Waals surface area (Å²) in [7, 11) is 0. The minimum Gasteiger partial charge on any atom is -0.135 e. The van der Waals surface area contributed by atoms with Crippen LogP contribution in [0, 0.1) is 5.41 Å². The highest BCUT2D eigenvalue weighted by atomic mass is 32.1. The Bertz CT molecular complexity index is 762. The van der Waals surface area contributed by atoms with Gasteiger partial charge in [0, 0.05) is 20.2 Å². The number of fused-ring (bicyclic) bond motifs is 4. The summed E-state index contributed by atoms with van der Waals surface area (Å²) in [5.74, 6) is 0. The van der Waals surface area contributed by atoms with E-state index in [-0.39, 0.29) is 0 Å². The molecule has 0 atom stereocenters. The van der Waals surface area contributed by atoms with Crippen LogP contribution in [0.2, 0.25) is 0 Å². The van der Waals surface area contributed by atoms with Crippen molar-refractivity contribution in [2.45, 2.75) is 26.7 Å². The molecule has 1 aromatic heterocycles. The maximum Gasteiger partial charge on any atom is 0.0358 e. The van der Waals surface area contributed by atoms with Crippen molar-refractivity contribution >= 4 is 31.5 Å². The first kappa shape index (κ1) is 10.6. The van der Waals surface area contributed by atoms with Crippen molar-refractivity contribution in [2.75, 3.05) is 0 Å². The second-order valence-electron chi connectivity index (χ2n) is 6.23. The zero-order chi connectivity index (χ0) is 12.3. The van der Waals surface area contributed by atoms with Crippen LogP contribution >= 0.6 is 11.3 Å². The van der Waals surface area contributed by atoms with Gasteiger partial charge in [0.05, 0.1) is 0 Å². The zero-order valence-electron chi connectivity index (χ0n) is 10.8. The molecule has 1 aliphatic rings. The molecule has 0 nitrogen and oxygen atoms in total. The smallest absolute Gasteiger partial charge is 0.0358 e. The van der Waals surface area contributed by atoms with Crippen LogP contribution in [0.1, 0.15) is 25.0 Å². The molecular weight excluding hydrogens is 236 g/mol. The molecule has 2 aromatic carbocycles. The molecule has 3 aromatic rings. The molecule has 0 aliphatic heterocycles. The summed E-state index contributed by atoms with van der Waals surface area (Å²) in [6, 6.07) is 13.6. The van der Waals surface area contributed by atoms with E-state index in [1.165, 1.54) is 33.0 Å². The van der Waals surface area contributed by atoms with Gasteiger partial charge < -0.3 is 0 Å². The first-order valence-electron chi connectivity index (χ1n) is 6.55. The lowest BCUT2D eigenvalue weighted by Gasteiger charge is -2.14. The molecule has 90 valence electrons. The molecule has 0 amide bonds. The maximum atomic E-state index is 2.44. The van der Waals surface area contributed by atoms with Crippen molar-refractivity contribution in [2.24, 2.45) is 5.41 Å². The lowest BCUT2D eigenvalue weighted by atomic mass is 9.90. The van der Waals surface area contributed by atoms with Crippen LogP contribution in [0.15, 0.2) is 36.4 Å². The van der Waals surface area contributed by atoms with Gasteiger partial charge in [0.25, 0.3) is 0 Å². The highest BCUT2D eigenvalue weighted by molar-refractivity contribution is 7.25. The number of hydrogen-bond acceptors (Lipinski definition) is 1. The molecule has 1 heterocycles. The predicted octanol–water partition coefficient (Wildman–Crippen LogP) is 5.18. The minimum absolute atomic E-state index is 0.446. The normalized spacial score (nSPS) is 17.4. The van der Waals surface area contributed by atoms with Crippen molar-refractivity contribution < 1.29 is 0 Å². The van der Waals surface area contributed by atoms with Crippen molar-refractivity contribution in [3.63, 3.8) is 0 Å². The van der Waals surface area contributed by atoms with Gasteiger partial charge in [-0.3, -0.25) is 0 Å². The van der Waals surface area contributed by atoms with E-state index in [0.717, 1.165) is 0 Å². The monoisotopic (exact) mass is 252 g/mol. The van der Waals surface area contributed by atoms with E-state index >= 15 is 0 Å². The molecule has 4 rings (SSSR count). The summed E-state index contributed by atoms with van der Waals surface area (Å²) in [6.45, 7) is 4.75. The number of thiophene rings is 1. The van der Waals surface area contributed by atoms with Crippen LogP contribution in [0.5, 0.6) is 0 Å². The Labute approximate surface area is 111 Å². The third-order valence-electron chi connectivity index (χ3n) is 4.04. The molecule has 1 aliphatic carbocycles. The van der Waals surface area contributed by atoms with Crippen LogP contribution < -0.4 is 0 Å². The van der Waals surface area contributed by atoms with Crippen LogP contribution in [0.3, 0.4) is 0 Å². The van der Waals surface area contributed by atoms with Crippen LogP contribution in [-0.4, -0.2) is 0 Å². The molecule has 1 heteroatoms. The molecule has 0 bridgehead atoms. The Morgan fingerprint density at radius 2 is 1.61 bits per heavy atom. The SMILES string of the molecule is CC1(C)Cc2cc3sc4ccccc4c3cc2C1. The Morgan fingerprint density at radius 1 is 0.889 bits per heavy atom. The van der Waals surface area contributed by atoms with E-state index in [9.17, 15) is 0 Å². The topological polar surface area (TPSA) is 0 Å². The Morgan fingerprint density at radius 3 is 2.44 bits per heavy atom. The average molecular weight is 252 g/mol. The Balaban J connectivity index is 2.05. The average Bonchev–Trinajstić information content (AvgIpc) is 2.80. The second-order valence-corrected chi connectivity index (χ2v) is 7.32. The third kappa shape index (κ3) is 1.44. The van der Waals surface area contributed by atoms with Crippen molar-refractivity contribution in [3.8, 4) is 0 Å².